The Kier molecular flexibility index (Phi) is 4.27. The quantitative estimate of drug-likeness (QED) is 0.498. The van der Waals surface area contributed by atoms with Crippen LogP contribution in [0.3, 0.4) is 0 Å². The van der Waals surface area contributed by atoms with Crippen molar-refractivity contribution < 1.29 is 9.21 Å². The van der Waals surface area contributed by atoms with Crippen molar-refractivity contribution in [1.29, 1.82) is 0 Å². The van der Waals surface area contributed by atoms with Gasteiger partial charge in [0.1, 0.15) is 5.76 Å². The Bertz CT molecular complexity index is 446. The minimum atomic E-state index is -0.372. The highest BCUT2D eigenvalue weighted by Gasteiger charge is 2.26. The third-order valence-corrected chi connectivity index (χ3v) is 4.02. The van der Waals surface area contributed by atoms with E-state index in [1.165, 1.54) is 19.3 Å². The summed E-state index contributed by atoms with van der Waals surface area (Å²) in [6.45, 7) is 7.11. The Balaban J connectivity index is 2.12. The Labute approximate surface area is 114 Å². The molecule has 0 spiro atoms. The van der Waals surface area contributed by atoms with E-state index in [9.17, 15) is 4.79 Å². The molecule has 1 aromatic rings. The van der Waals surface area contributed by atoms with Crippen molar-refractivity contribution in [2.24, 2.45) is 5.84 Å². The summed E-state index contributed by atoms with van der Waals surface area (Å²) in [6.07, 6.45) is 3.73. The molecule has 5 nitrogen and oxygen atoms in total. The number of nitrogens with zero attached hydrogens (tertiary/aromatic N) is 1. The molecule has 1 amide bonds. The first-order valence-corrected chi connectivity index (χ1v) is 6.89. The minimum absolute atomic E-state index is 0.315. The molecule has 19 heavy (non-hydrogen) atoms. The second kappa shape index (κ2) is 5.75. The first-order valence-electron chi connectivity index (χ1n) is 6.89. The first kappa shape index (κ1) is 14.1. The number of carbonyl (C=O) groups excluding carboxylic acids is 1. The summed E-state index contributed by atoms with van der Waals surface area (Å²) < 4.78 is 5.63. The number of carbonyl (C=O) groups is 1. The summed E-state index contributed by atoms with van der Waals surface area (Å²) in [4.78, 5) is 14.0. The number of aryl methyl sites for hydroxylation is 1. The van der Waals surface area contributed by atoms with Gasteiger partial charge >= 0.3 is 5.91 Å². The minimum Gasteiger partial charge on any atom is -0.454 e. The largest absolute Gasteiger partial charge is 0.454 e. The predicted molar refractivity (Wildman–Crippen MR) is 73.4 cm³/mol. The van der Waals surface area contributed by atoms with Crippen molar-refractivity contribution in [3.05, 3.63) is 23.2 Å². The van der Waals surface area contributed by atoms with Crippen LogP contribution in [0.25, 0.3) is 0 Å². The van der Waals surface area contributed by atoms with Crippen LogP contribution in [0.1, 0.15) is 55.0 Å². The third kappa shape index (κ3) is 2.98. The Morgan fingerprint density at radius 3 is 2.68 bits per heavy atom. The molecule has 1 fully saturated rings. The fourth-order valence-electron chi connectivity index (χ4n) is 2.88. The number of furan rings is 1. The van der Waals surface area contributed by atoms with E-state index in [0.717, 1.165) is 17.9 Å². The number of nitrogen functional groups attached to an aromatic ring is 1. The Morgan fingerprint density at radius 1 is 1.47 bits per heavy atom. The number of hydrogen-bond acceptors (Lipinski definition) is 4. The van der Waals surface area contributed by atoms with Crippen LogP contribution in [0.4, 0.5) is 0 Å². The molecular formula is C14H23N3O2. The maximum absolute atomic E-state index is 11.5. The maximum Gasteiger partial charge on any atom is 0.301 e. The van der Waals surface area contributed by atoms with Crippen molar-refractivity contribution >= 4 is 5.91 Å². The number of nitrogens with two attached hydrogens (primary N) is 1. The molecule has 5 heteroatoms. The molecule has 1 aromatic heterocycles. The van der Waals surface area contributed by atoms with Crippen LogP contribution in [0.2, 0.25) is 0 Å². The number of nitrogens with one attached hydrogen (secondary N) is 1. The molecule has 0 bridgehead atoms. The number of rotatable bonds is 3. The van der Waals surface area contributed by atoms with Crippen molar-refractivity contribution in [3.8, 4) is 0 Å². The van der Waals surface area contributed by atoms with Gasteiger partial charge in [-0.05, 0) is 39.7 Å². The van der Waals surface area contributed by atoms with Crippen LogP contribution in [0.5, 0.6) is 0 Å². The molecule has 2 atom stereocenters. The second-order valence-electron chi connectivity index (χ2n) is 5.50. The van der Waals surface area contributed by atoms with Gasteiger partial charge in [0.2, 0.25) is 0 Å². The van der Waals surface area contributed by atoms with Crippen LogP contribution < -0.4 is 11.3 Å². The van der Waals surface area contributed by atoms with Crippen molar-refractivity contribution in [2.45, 2.75) is 58.7 Å². The number of hydrazine groups is 1. The van der Waals surface area contributed by atoms with E-state index in [4.69, 9.17) is 10.3 Å². The van der Waals surface area contributed by atoms with Crippen LogP contribution in [-0.2, 0) is 6.54 Å². The summed E-state index contributed by atoms with van der Waals surface area (Å²) in [7, 11) is 0. The van der Waals surface area contributed by atoms with E-state index in [2.05, 4.69) is 24.2 Å². The zero-order chi connectivity index (χ0) is 14.0. The van der Waals surface area contributed by atoms with E-state index in [1.54, 1.807) is 0 Å². The summed E-state index contributed by atoms with van der Waals surface area (Å²) in [6, 6.07) is 3.04. The van der Waals surface area contributed by atoms with Crippen LogP contribution >= 0.6 is 0 Å². The van der Waals surface area contributed by atoms with E-state index in [1.807, 2.05) is 13.0 Å². The molecule has 0 aromatic carbocycles. The second-order valence-corrected chi connectivity index (χ2v) is 5.50. The van der Waals surface area contributed by atoms with Gasteiger partial charge in [-0.2, -0.15) is 0 Å². The molecule has 0 radical (unpaired) electrons. The van der Waals surface area contributed by atoms with E-state index >= 15 is 0 Å². The normalized spacial score (nSPS) is 24.4. The monoisotopic (exact) mass is 265 g/mol. The van der Waals surface area contributed by atoms with Gasteiger partial charge in [-0.3, -0.25) is 15.1 Å². The van der Waals surface area contributed by atoms with E-state index < -0.39 is 0 Å². The lowest BCUT2D eigenvalue weighted by molar-refractivity contribution is 0.0838. The van der Waals surface area contributed by atoms with Crippen molar-refractivity contribution in [3.63, 3.8) is 0 Å². The van der Waals surface area contributed by atoms with Gasteiger partial charge in [0.25, 0.3) is 0 Å². The summed E-state index contributed by atoms with van der Waals surface area (Å²) in [5.74, 6) is 5.91. The molecule has 1 aliphatic heterocycles. The lowest BCUT2D eigenvalue weighted by atomic mass is 9.97. The highest BCUT2D eigenvalue weighted by molar-refractivity contribution is 5.92. The van der Waals surface area contributed by atoms with Crippen LogP contribution in [0, 0.1) is 6.92 Å². The maximum atomic E-state index is 11.5. The molecule has 1 aliphatic rings. The average molecular weight is 265 g/mol. The summed E-state index contributed by atoms with van der Waals surface area (Å²) >= 11 is 0. The van der Waals surface area contributed by atoms with Gasteiger partial charge in [0.15, 0.2) is 5.76 Å². The van der Waals surface area contributed by atoms with E-state index in [0.29, 0.717) is 17.8 Å². The lowest BCUT2D eigenvalue weighted by Gasteiger charge is -2.38. The van der Waals surface area contributed by atoms with Gasteiger partial charge in [-0.1, -0.05) is 6.42 Å². The SMILES string of the molecule is Cc1cc(CN2C(C)CCCC2C)oc1C(=O)NN. The zero-order valence-corrected chi connectivity index (χ0v) is 11.9. The molecule has 106 valence electrons. The number of piperidine rings is 1. The van der Waals surface area contributed by atoms with Gasteiger partial charge < -0.3 is 4.42 Å². The van der Waals surface area contributed by atoms with Gasteiger partial charge in [-0.15, -0.1) is 0 Å². The number of hydrogen-bond donors (Lipinski definition) is 2. The molecule has 2 unspecified atom stereocenters. The summed E-state index contributed by atoms with van der Waals surface area (Å²) in [5, 5.41) is 0. The average Bonchev–Trinajstić information content (AvgIpc) is 2.74. The molecular weight excluding hydrogens is 242 g/mol. The van der Waals surface area contributed by atoms with Crippen molar-refractivity contribution in [1.82, 2.24) is 10.3 Å². The summed E-state index contributed by atoms with van der Waals surface area (Å²) in [5.41, 5.74) is 2.94. The fraction of sp³-hybridized carbons (Fsp3) is 0.643. The molecule has 2 heterocycles. The standard InChI is InChI=1S/C14H23N3O2/c1-9-7-12(19-13(9)14(18)16-15)8-17-10(2)5-4-6-11(17)3/h7,10-11H,4-6,8,15H2,1-3H3,(H,16,18). The highest BCUT2D eigenvalue weighted by Crippen LogP contribution is 2.26. The van der Waals surface area contributed by atoms with Gasteiger partial charge in [0, 0.05) is 17.6 Å². The van der Waals surface area contributed by atoms with Gasteiger partial charge in [-0.25, -0.2) is 5.84 Å². The lowest BCUT2D eigenvalue weighted by Crippen LogP contribution is -2.42. The number of likely N-dealkylation sites (tertiary alicyclic amines) is 1. The van der Waals surface area contributed by atoms with E-state index in [-0.39, 0.29) is 5.91 Å². The van der Waals surface area contributed by atoms with Crippen LogP contribution in [-0.4, -0.2) is 22.9 Å². The van der Waals surface area contributed by atoms with Crippen LogP contribution in [0.15, 0.2) is 10.5 Å². The van der Waals surface area contributed by atoms with Crippen molar-refractivity contribution in [2.75, 3.05) is 0 Å². The molecule has 3 N–H and O–H groups in total. The Hall–Kier alpha value is -1.33. The molecule has 0 aliphatic carbocycles. The predicted octanol–water partition coefficient (Wildman–Crippen LogP) is 1.95. The molecule has 0 saturated carbocycles. The highest BCUT2D eigenvalue weighted by atomic mass is 16.4. The molecule has 1 saturated heterocycles. The smallest absolute Gasteiger partial charge is 0.301 e. The molecule has 2 rings (SSSR count). The van der Waals surface area contributed by atoms with Gasteiger partial charge in [0.05, 0.1) is 6.54 Å². The Morgan fingerprint density at radius 2 is 2.11 bits per heavy atom. The first-order chi connectivity index (χ1) is 9.02. The third-order valence-electron chi connectivity index (χ3n) is 4.02. The fourth-order valence-corrected chi connectivity index (χ4v) is 2.88. The number of amides is 1. The topological polar surface area (TPSA) is 71.5 Å². The zero-order valence-electron chi connectivity index (χ0n) is 11.9.